The Morgan fingerprint density at radius 3 is 1.82 bits per heavy atom. The van der Waals surface area contributed by atoms with Crippen LogP contribution < -0.4 is 42.6 Å². The van der Waals surface area contributed by atoms with E-state index in [1.54, 1.807) is 56.6 Å². The number of ether oxygens (including phenoxy) is 3. The molecule has 0 unspecified atom stereocenters. The molecule has 0 bridgehead atoms. The number of nitrogens with one attached hydrogen (secondary N) is 3. The summed E-state index contributed by atoms with van der Waals surface area (Å²) in [5.41, 5.74) is 20.8. The molecular weight excluding hydrogens is 1110 g/mol. The minimum atomic E-state index is -4.93. The molecule has 2 aromatic carbocycles. The number of anilines is 2. The standard InChI is InChI=1S/C54H64N16O13S/c1-6-69-40(24-32(3)63-69)50(74)61-52-59-38-27-35(48(56)72)29-43(80-5)46(38)67(52)17-8-9-18-68-47-39(60-53(68)62-51(75)41-25-33(4)64-70(41)7-2)28-36(49(57)73)30-44(47)81-23-11-16-65-19-21-66(22-20-65)54(76)82-31-34-13-14-42(83-84(77,78)79)37(26-34)58-45(71)12-10-15-55/h8-9,14,24-30H,6-7,10-12,15-23,31,55H2,1-5H3,(H7-,56,57,58,59,60,61,62,71,72,73,74,75,77,78,79)/p+1/b9-8+. The average molecular weight is 1180 g/mol. The zero-order valence-corrected chi connectivity index (χ0v) is 47.7. The van der Waals surface area contributed by atoms with Gasteiger partial charge < -0.3 is 50.8 Å². The van der Waals surface area contributed by atoms with Crippen molar-refractivity contribution in [1.82, 2.24) is 53.8 Å². The molecule has 0 radical (unpaired) electrons. The summed E-state index contributed by atoms with van der Waals surface area (Å²) in [6.07, 6.45) is 9.06. The summed E-state index contributed by atoms with van der Waals surface area (Å²) in [7, 11) is -3.50. The Morgan fingerprint density at radius 1 is 0.762 bits per heavy atom. The smallest absolute Gasteiger partial charge is 0.459 e. The first-order valence-electron chi connectivity index (χ1n) is 26.7. The molecule has 5 heterocycles. The molecule has 1 fully saturated rings. The number of allylic oxidation sites excluding steroid dienone is 4. The van der Waals surface area contributed by atoms with Crippen LogP contribution in [0.1, 0.15) is 86.2 Å². The number of carbonyl (C=O) groups excluding carboxylic acids is 6. The molecule has 1 aliphatic heterocycles. The molecular formula is C54H65N16O13S+. The van der Waals surface area contributed by atoms with Crippen molar-refractivity contribution in [2.75, 3.05) is 70.2 Å². The lowest BCUT2D eigenvalue weighted by molar-refractivity contribution is -0.120. The lowest BCUT2D eigenvalue weighted by atomic mass is 10.1. The number of amides is 6. The number of rotatable bonds is 26. The molecule has 30 heteroatoms. The van der Waals surface area contributed by atoms with Gasteiger partial charge in [0.1, 0.15) is 33.9 Å². The fraction of sp³-hybridized carbons (Fsp3) is 0.370. The van der Waals surface area contributed by atoms with Gasteiger partial charge in [0.05, 0.1) is 48.3 Å². The lowest BCUT2D eigenvalue weighted by Gasteiger charge is -2.34. The van der Waals surface area contributed by atoms with Crippen LogP contribution in [0.15, 0.2) is 77.7 Å². The zero-order valence-electron chi connectivity index (χ0n) is 46.8. The molecule has 84 heavy (non-hydrogen) atoms. The largest absolute Gasteiger partial charge is 0.494 e. The second kappa shape index (κ2) is 26.6. The first kappa shape index (κ1) is 60.6. The number of aryl methyl sites for hydroxylation is 4. The molecule has 2 aliphatic rings. The number of hydrogen-bond acceptors (Lipinski definition) is 18. The van der Waals surface area contributed by atoms with Gasteiger partial charge in [0.15, 0.2) is 18.3 Å². The van der Waals surface area contributed by atoms with Crippen molar-refractivity contribution in [2.24, 2.45) is 17.2 Å². The van der Waals surface area contributed by atoms with Crippen LogP contribution in [0.3, 0.4) is 0 Å². The molecule has 4 aromatic heterocycles. The molecule has 1 saturated heterocycles. The van der Waals surface area contributed by atoms with Crippen LogP contribution >= 0.6 is 0 Å². The van der Waals surface area contributed by atoms with E-state index in [4.69, 9.17) is 41.4 Å². The van der Waals surface area contributed by atoms with Gasteiger partial charge in [-0.25, -0.2) is 14.8 Å². The SMILES string of the molecule is CCn1nc(C)cc1C(=O)Nc1nc2cc(C(N)=O)cc(OC)c2n1C/C=C/Cn1c(NC(=O)c2cc(C)nn2CC)nc2cc(C(N)=O)cc(OCCCN3CCN(C(=O)OCC4=CC(NC(=O)CCCN)=C(OS(=O)(=O)O)C=[C+]4)CC3)c21. The molecule has 29 nitrogen and oxygen atoms in total. The van der Waals surface area contributed by atoms with Gasteiger partial charge in [-0.3, -0.25) is 57.6 Å². The Kier molecular flexibility index (Phi) is 19.2. The summed E-state index contributed by atoms with van der Waals surface area (Å²) in [4.78, 5) is 91.7. The highest BCUT2D eigenvalue weighted by Gasteiger charge is 2.29. The highest BCUT2D eigenvalue weighted by atomic mass is 32.3. The van der Waals surface area contributed by atoms with Crippen LogP contribution in [0.2, 0.25) is 0 Å². The maximum Gasteiger partial charge on any atom is 0.459 e. The zero-order chi connectivity index (χ0) is 60.4. The molecule has 0 atom stereocenters. The van der Waals surface area contributed by atoms with E-state index < -0.39 is 51.8 Å². The number of nitrogens with two attached hydrogens (primary N) is 3. The van der Waals surface area contributed by atoms with Crippen LogP contribution in [0, 0.1) is 19.9 Å². The van der Waals surface area contributed by atoms with Crippen molar-refractivity contribution >= 4 is 80.0 Å². The predicted octanol–water partition coefficient (Wildman–Crippen LogP) is 3.11. The average Bonchev–Trinajstić information content (AvgIpc) is 2.46. The molecule has 444 valence electrons. The number of methoxy groups -OCH3 is 1. The van der Waals surface area contributed by atoms with Gasteiger partial charge in [-0.05, 0) is 83.5 Å². The summed E-state index contributed by atoms with van der Waals surface area (Å²) >= 11 is 0. The van der Waals surface area contributed by atoms with E-state index in [0.717, 1.165) is 6.08 Å². The van der Waals surface area contributed by atoms with Crippen LogP contribution in [0.4, 0.5) is 16.7 Å². The van der Waals surface area contributed by atoms with Gasteiger partial charge in [-0.15, -0.1) is 0 Å². The number of imidazole rings is 2. The summed E-state index contributed by atoms with van der Waals surface area (Å²) in [5, 5.41) is 17.2. The van der Waals surface area contributed by atoms with Gasteiger partial charge in [-0.1, -0.05) is 12.2 Å². The Morgan fingerprint density at radius 2 is 1.31 bits per heavy atom. The van der Waals surface area contributed by atoms with Gasteiger partial charge in [-0.2, -0.15) is 18.6 Å². The summed E-state index contributed by atoms with van der Waals surface area (Å²) < 4.78 is 61.0. The second-order valence-electron chi connectivity index (χ2n) is 19.3. The number of hydrogen-bond donors (Lipinski definition) is 7. The molecule has 0 saturated carbocycles. The first-order valence-corrected chi connectivity index (χ1v) is 28.1. The van der Waals surface area contributed by atoms with Gasteiger partial charge >= 0.3 is 16.5 Å². The third-order valence-corrected chi connectivity index (χ3v) is 13.8. The topological polar surface area (TPSA) is 386 Å². The number of aromatic nitrogens is 8. The van der Waals surface area contributed by atoms with E-state index >= 15 is 0 Å². The fourth-order valence-corrected chi connectivity index (χ4v) is 9.77. The van der Waals surface area contributed by atoms with Crippen LogP contribution in [-0.4, -0.2) is 157 Å². The summed E-state index contributed by atoms with van der Waals surface area (Å²) in [6, 6.07) is 9.34. The van der Waals surface area contributed by atoms with Crippen LogP contribution in [-0.2, 0) is 50.3 Å². The minimum Gasteiger partial charge on any atom is -0.494 e. The van der Waals surface area contributed by atoms with Crippen molar-refractivity contribution in [3.8, 4) is 11.5 Å². The maximum atomic E-state index is 14.0. The molecule has 1 aliphatic carbocycles. The maximum absolute atomic E-state index is 14.0. The Bertz CT molecular complexity index is 3770. The van der Waals surface area contributed by atoms with E-state index in [0.29, 0.717) is 97.8 Å². The quantitative estimate of drug-likeness (QED) is 0.0177. The minimum absolute atomic E-state index is 0.0398. The highest BCUT2D eigenvalue weighted by molar-refractivity contribution is 7.81. The first-order chi connectivity index (χ1) is 40.2. The summed E-state index contributed by atoms with van der Waals surface area (Å²) in [6.45, 7) is 10.7. The molecule has 8 rings (SSSR count). The third kappa shape index (κ3) is 14.6. The van der Waals surface area contributed by atoms with Crippen LogP contribution in [0.5, 0.6) is 11.5 Å². The normalized spacial score (nSPS) is 13.8. The van der Waals surface area contributed by atoms with E-state index in [9.17, 15) is 41.7 Å². The van der Waals surface area contributed by atoms with Gasteiger partial charge in [0, 0.05) is 76.5 Å². The molecule has 6 amide bonds. The Labute approximate surface area is 482 Å². The van der Waals surface area contributed by atoms with Gasteiger partial charge in [0.25, 0.3) is 17.6 Å². The molecule has 10 N–H and O–H groups in total. The Hall–Kier alpha value is -9.48. The van der Waals surface area contributed by atoms with E-state index in [1.807, 2.05) is 13.8 Å². The number of primary amides is 2. The number of nitrogens with zero attached hydrogens (tertiary/aromatic N) is 10. The predicted molar refractivity (Wildman–Crippen MR) is 305 cm³/mol. The van der Waals surface area contributed by atoms with Crippen molar-refractivity contribution in [3.63, 3.8) is 0 Å². The number of piperazine rings is 1. The molecule has 0 spiro atoms. The van der Waals surface area contributed by atoms with Crippen molar-refractivity contribution in [2.45, 2.75) is 73.1 Å². The molecule has 6 aromatic rings. The van der Waals surface area contributed by atoms with E-state index in [2.05, 4.69) is 41.3 Å². The second-order valence-corrected chi connectivity index (χ2v) is 20.4. The van der Waals surface area contributed by atoms with Crippen molar-refractivity contribution in [3.05, 3.63) is 118 Å². The third-order valence-electron chi connectivity index (χ3n) is 13.4. The number of fused-ring (bicyclic) bond motifs is 2. The van der Waals surface area contributed by atoms with Crippen molar-refractivity contribution < 1.29 is 60.1 Å². The van der Waals surface area contributed by atoms with E-state index in [1.165, 1.54) is 42.4 Å². The highest BCUT2D eigenvalue weighted by Crippen LogP contribution is 2.33. The van der Waals surface area contributed by atoms with E-state index in [-0.39, 0.29) is 90.8 Å². The van der Waals surface area contributed by atoms with Crippen LogP contribution in [0.25, 0.3) is 22.1 Å². The van der Waals surface area contributed by atoms with Crippen molar-refractivity contribution in [1.29, 1.82) is 0 Å². The van der Waals surface area contributed by atoms with Gasteiger partial charge in [0.2, 0.25) is 35.3 Å². The number of benzene rings is 2. The Balaban J connectivity index is 0.984. The number of carbonyl (C=O) groups is 6. The monoisotopic (exact) mass is 1180 g/mol. The lowest BCUT2D eigenvalue weighted by Crippen LogP contribution is -2.49. The summed E-state index contributed by atoms with van der Waals surface area (Å²) in [5.74, 6) is -2.51. The fourth-order valence-electron chi connectivity index (χ4n) is 9.40.